The van der Waals surface area contributed by atoms with Gasteiger partial charge in [0.15, 0.2) is 0 Å². The summed E-state index contributed by atoms with van der Waals surface area (Å²) in [5.41, 5.74) is 0. The van der Waals surface area contributed by atoms with E-state index in [2.05, 4.69) is 48.5 Å². The van der Waals surface area contributed by atoms with Crippen LogP contribution in [0.1, 0.15) is 80.6 Å². The van der Waals surface area contributed by atoms with Crippen LogP contribution in [0, 0.1) is 0 Å². The maximum absolute atomic E-state index is 6.16. The monoisotopic (exact) mass is 304 g/mol. The molecule has 0 heterocycles. The van der Waals surface area contributed by atoms with Crippen LogP contribution >= 0.6 is 0 Å². The fourth-order valence-electron chi connectivity index (χ4n) is 2.28. The van der Waals surface area contributed by atoms with Crippen LogP contribution in [0.5, 0.6) is 0 Å². The zero-order valence-corrected chi connectivity index (χ0v) is 15.7. The fourth-order valence-corrected chi connectivity index (χ4v) is 5.64. The molecule has 0 aliphatic rings. The van der Waals surface area contributed by atoms with Crippen molar-refractivity contribution in [3.8, 4) is 0 Å². The SMILES string of the molecule is CCCCCCC[Si](OC(C)C)(OC(C)C)OC(C)C. The molecule has 0 saturated carbocycles. The van der Waals surface area contributed by atoms with E-state index in [0.717, 1.165) is 12.5 Å². The summed E-state index contributed by atoms with van der Waals surface area (Å²) < 4.78 is 18.5. The summed E-state index contributed by atoms with van der Waals surface area (Å²) in [6.07, 6.45) is 6.71. The molecule has 0 aromatic rings. The Morgan fingerprint density at radius 1 is 0.650 bits per heavy atom. The van der Waals surface area contributed by atoms with Gasteiger partial charge in [0.2, 0.25) is 0 Å². The maximum Gasteiger partial charge on any atom is 0.501 e. The molecule has 0 aromatic heterocycles. The molecule has 0 fully saturated rings. The highest BCUT2D eigenvalue weighted by atomic mass is 28.4. The summed E-state index contributed by atoms with van der Waals surface area (Å²) in [6, 6.07) is 0.936. The van der Waals surface area contributed by atoms with Crippen molar-refractivity contribution in [1.82, 2.24) is 0 Å². The average molecular weight is 305 g/mol. The largest absolute Gasteiger partial charge is 0.501 e. The van der Waals surface area contributed by atoms with E-state index >= 15 is 0 Å². The van der Waals surface area contributed by atoms with Crippen LogP contribution in [0.15, 0.2) is 0 Å². The Labute approximate surface area is 127 Å². The van der Waals surface area contributed by atoms with Crippen molar-refractivity contribution < 1.29 is 13.3 Å². The van der Waals surface area contributed by atoms with Crippen molar-refractivity contribution in [2.45, 2.75) is 105 Å². The Hall–Kier alpha value is 0.0969. The quantitative estimate of drug-likeness (QED) is 0.368. The van der Waals surface area contributed by atoms with Crippen LogP contribution in [-0.4, -0.2) is 27.1 Å². The lowest BCUT2D eigenvalue weighted by atomic mass is 10.2. The standard InChI is InChI=1S/C16H36O3Si/c1-8-9-10-11-12-13-20(17-14(2)3,18-15(4)5)19-16(6)7/h14-16H,8-13H2,1-7H3. The Balaban J connectivity index is 4.60. The van der Waals surface area contributed by atoms with E-state index in [1.165, 1.54) is 25.7 Å². The van der Waals surface area contributed by atoms with Crippen LogP contribution < -0.4 is 0 Å². The first-order valence-electron chi connectivity index (χ1n) is 8.34. The van der Waals surface area contributed by atoms with Gasteiger partial charge >= 0.3 is 8.80 Å². The third-order valence-corrected chi connectivity index (χ3v) is 6.29. The van der Waals surface area contributed by atoms with Crippen molar-refractivity contribution in [1.29, 1.82) is 0 Å². The topological polar surface area (TPSA) is 27.7 Å². The van der Waals surface area contributed by atoms with Crippen molar-refractivity contribution in [2.24, 2.45) is 0 Å². The molecule has 0 aliphatic heterocycles. The average Bonchev–Trinajstić information content (AvgIpc) is 2.25. The first-order chi connectivity index (χ1) is 9.31. The summed E-state index contributed by atoms with van der Waals surface area (Å²) >= 11 is 0. The van der Waals surface area contributed by atoms with Crippen LogP contribution in [0.3, 0.4) is 0 Å². The van der Waals surface area contributed by atoms with E-state index in [1.807, 2.05) is 0 Å². The molecule has 0 aliphatic carbocycles. The maximum atomic E-state index is 6.16. The van der Waals surface area contributed by atoms with Crippen molar-refractivity contribution >= 4 is 8.80 Å². The first kappa shape index (κ1) is 20.1. The van der Waals surface area contributed by atoms with Crippen LogP contribution in [-0.2, 0) is 13.3 Å². The van der Waals surface area contributed by atoms with Crippen molar-refractivity contribution in [2.75, 3.05) is 0 Å². The molecular weight excluding hydrogens is 268 g/mol. The number of hydrogen-bond acceptors (Lipinski definition) is 3. The molecule has 4 heteroatoms. The minimum absolute atomic E-state index is 0.148. The molecule has 0 atom stereocenters. The lowest BCUT2D eigenvalue weighted by Gasteiger charge is -2.34. The van der Waals surface area contributed by atoms with Gasteiger partial charge in [-0.3, -0.25) is 0 Å². The van der Waals surface area contributed by atoms with E-state index in [-0.39, 0.29) is 18.3 Å². The highest BCUT2D eigenvalue weighted by Gasteiger charge is 2.43. The van der Waals surface area contributed by atoms with E-state index in [1.54, 1.807) is 0 Å². The second-order valence-corrected chi connectivity index (χ2v) is 8.92. The van der Waals surface area contributed by atoms with Crippen LogP contribution in [0.4, 0.5) is 0 Å². The smallest absolute Gasteiger partial charge is 0.371 e. The van der Waals surface area contributed by atoms with E-state index in [4.69, 9.17) is 13.3 Å². The highest BCUT2D eigenvalue weighted by molar-refractivity contribution is 6.60. The zero-order valence-electron chi connectivity index (χ0n) is 14.7. The van der Waals surface area contributed by atoms with Gasteiger partial charge in [0, 0.05) is 24.4 Å². The molecule has 20 heavy (non-hydrogen) atoms. The van der Waals surface area contributed by atoms with Crippen LogP contribution in [0.25, 0.3) is 0 Å². The molecule has 0 unspecified atom stereocenters. The van der Waals surface area contributed by atoms with E-state index in [9.17, 15) is 0 Å². The first-order valence-corrected chi connectivity index (χ1v) is 10.3. The zero-order chi connectivity index (χ0) is 15.6. The summed E-state index contributed by atoms with van der Waals surface area (Å²) in [5, 5.41) is 0. The lowest BCUT2D eigenvalue weighted by molar-refractivity contribution is 0.00278. The van der Waals surface area contributed by atoms with Gasteiger partial charge < -0.3 is 13.3 Å². The van der Waals surface area contributed by atoms with Gasteiger partial charge in [-0.25, -0.2) is 0 Å². The molecule has 0 amide bonds. The number of hydrogen-bond donors (Lipinski definition) is 0. The van der Waals surface area contributed by atoms with Crippen LogP contribution in [0.2, 0.25) is 6.04 Å². The van der Waals surface area contributed by atoms with E-state index < -0.39 is 8.80 Å². The number of unbranched alkanes of at least 4 members (excludes halogenated alkanes) is 4. The predicted octanol–water partition coefficient (Wildman–Crippen LogP) is 5.17. The second kappa shape index (κ2) is 10.8. The highest BCUT2D eigenvalue weighted by Crippen LogP contribution is 2.25. The third kappa shape index (κ3) is 9.92. The van der Waals surface area contributed by atoms with Gasteiger partial charge in [-0.2, -0.15) is 0 Å². The fraction of sp³-hybridized carbons (Fsp3) is 1.00. The molecule has 122 valence electrons. The van der Waals surface area contributed by atoms with Crippen molar-refractivity contribution in [3.63, 3.8) is 0 Å². The van der Waals surface area contributed by atoms with Gasteiger partial charge in [0.05, 0.1) is 0 Å². The molecule has 0 N–H and O–H groups in total. The molecule has 0 spiro atoms. The minimum Gasteiger partial charge on any atom is -0.371 e. The summed E-state index contributed by atoms with van der Waals surface area (Å²) in [4.78, 5) is 0. The molecule has 0 saturated heterocycles. The van der Waals surface area contributed by atoms with Crippen molar-refractivity contribution in [3.05, 3.63) is 0 Å². The molecule has 0 radical (unpaired) electrons. The Bertz CT molecular complexity index is 203. The summed E-state index contributed by atoms with van der Waals surface area (Å²) in [5.74, 6) is 0. The predicted molar refractivity (Wildman–Crippen MR) is 88.0 cm³/mol. The van der Waals surface area contributed by atoms with Gasteiger partial charge in [-0.1, -0.05) is 32.6 Å². The lowest BCUT2D eigenvalue weighted by Crippen LogP contribution is -2.50. The Morgan fingerprint density at radius 2 is 1.05 bits per heavy atom. The minimum atomic E-state index is -2.54. The molecule has 0 rings (SSSR count). The summed E-state index contributed by atoms with van der Waals surface area (Å²) in [6.45, 7) is 14.6. The second-order valence-electron chi connectivity index (χ2n) is 6.35. The molecule has 0 bridgehead atoms. The van der Waals surface area contributed by atoms with E-state index in [0.29, 0.717) is 0 Å². The van der Waals surface area contributed by atoms with Gasteiger partial charge in [0.25, 0.3) is 0 Å². The Morgan fingerprint density at radius 3 is 1.40 bits per heavy atom. The summed E-state index contributed by atoms with van der Waals surface area (Å²) in [7, 11) is -2.54. The van der Waals surface area contributed by atoms with Gasteiger partial charge in [-0.15, -0.1) is 0 Å². The van der Waals surface area contributed by atoms with Gasteiger partial charge in [0.1, 0.15) is 0 Å². The Kier molecular flexibility index (Phi) is 10.8. The molecular formula is C16H36O3Si. The third-order valence-electron chi connectivity index (χ3n) is 2.83. The molecule has 3 nitrogen and oxygen atoms in total. The number of rotatable bonds is 12. The normalized spacial score (nSPS) is 12.9. The molecule has 0 aromatic carbocycles. The van der Waals surface area contributed by atoms with Gasteiger partial charge in [-0.05, 0) is 48.0 Å².